The van der Waals surface area contributed by atoms with E-state index in [4.69, 9.17) is 0 Å². The third-order valence-electron chi connectivity index (χ3n) is 4.30. The average Bonchev–Trinajstić information content (AvgIpc) is 2.52. The quantitative estimate of drug-likeness (QED) is 0.886. The third-order valence-corrected chi connectivity index (χ3v) is 4.30. The van der Waals surface area contributed by atoms with E-state index in [0.717, 1.165) is 24.8 Å². The molecule has 0 bridgehead atoms. The predicted molar refractivity (Wildman–Crippen MR) is 86.6 cm³/mol. The zero-order chi connectivity index (χ0) is 16.2. The van der Waals surface area contributed by atoms with Crippen molar-refractivity contribution >= 4 is 5.91 Å². The van der Waals surface area contributed by atoms with Gasteiger partial charge >= 0.3 is 0 Å². The summed E-state index contributed by atoms with van der Waals surface area (Å²) in [5, 5.41) is 11.1. The molecule has 1 atom stereocenters. The highest BCUT2D eigenvalue weighted by Gasteiger charge is 2.28. The molecular formula is C17H20N4O2. The van der Waals surface area contributed by atoms with E-state index in [1.165, 1.54) is 0 Å². The van der Waals surface area contributed by atoms with Crippen LogP contribution in [0.3, 0.4) is 0 Å². The number of nitrogens with zero attached hydrogens (tertiary/aromatic N) is 2. The molecule has 1 aliphatic rings. The molecule has 1 amide bonds. The summed E-state index contributed by atoms with van der Waals surface area (Å²) < 4.78 is 0. The molecule has 1 unspecified atom stereocenters. The molecule has 1 aliphatic carbocycles. The highest BCUT2D eigenvalue weighted by Crippen LogP contribution is 2.27. The average molecular weight is 312 g/mol. The standard InChI is InChI=1S/C17H20N4O2/c1-2-13(18-16(22)12-9-6-10-12)14-17(23)19-15(21-20-14)11-7-4-3-5-8-11/h3-5,7-8,12-13H,2,6,9-10H2,1H3,(H,18,22)(H,19,21,23). The molecule has 0 radical (unpaired) electrons. The van der Waals surface area contributed by atoms with Crippen molar-refractivity contribution in [2.45, 2.75) is 38.6 Å². The fourth-order valence-electron chi connectivity index (χ4n) is 2.62. The Hall–Kier alpha value is -2.50. The van der Waals surface area contributed by atoms with Gasteiger partial charge in [0.15, 0.2) is 11.5 Å². The monoisotopic (exact) mass is 312 g/mol. The van der Waals surface area contributed by atoms with Crippen LogP contribution in [0.1, 0.15) is 44.3 Å². The highest BCUT2D eigenvalue weighted by molar-refractivity contribution is 5.79. The number of hydrogen-bond donors (Lipinski definition) is 2. The van der Waals surface area contributed by atoms with Crippen LogP contribution in [-0.2, 0) is 4.79 Å². The van der Waals surface area contributed by atoms with Gasteiger partial charge in [-0.3, -0.25) is 9.59 Å². The molecule has 1 aromatic carbocycles. The van der Waals surface area contributed by atoms with Gasteiger partial charge in [0.05, 0.1) is 6.04 Å². The number of amides is 1. The van der Waals surface area contributed by atoms with Gasteiger partial charge in [-0.05, 0) is 19.3 Å². The molecule has 1 heterocycles. The van der Waals surface area contributed by atoms with Gasteiger partial charge in [-0.15, -0.1) is 10.2 Å². The summed E-state index contributed by atoms with van der Waals surface area (Å²) in [5.41, 5.74) is 0.759. The summed E-state index contributed by atoms with van der Waals surface area (Å²) in [5.74, 6) is 0.524. The van der Waals surface area contributed by atoms with E-state index < -0.39 is 6.04 Å². The Morgan fingerprint density at radius 1 is 1.30 bits per heavy atom. The molecule has 6 nitrogen and oxygen atoms in total. The van der Waals surface area contributed by atoms with Crippen molar-refractivity contribution in [3.8, 4) is 11.4 Å². The number of aromatic nitrogens is 3. The minimum absolute atomic E-state index is 0.0106. The van der Waals surface area contributed by atoms with Crippen molar-refractivity contribution in [2.75, 3.05) is 0 Å². The summed E-state index contributed by atoms with van der Waals surface area (Å²) in [4.78, 5) is 27.2. The second-order valence-corrected chi connectivity index (χ2v) is 5.85. The molecule has 120 valence electrons. The SMILES string of the molecule is CCC(NC(=O)C1CCC1)c1nnc(-c2ccccc2)[nH]c1=O. The van der Waals surface area contributed by atoms with Crippen molar-refractivity contribution in [1.29, 1.82) is 0 Å². The summed E-state index contributed by atoms with van der Waals surface area (Å²) in [6.07, 6.45) is 3.55. The molecule has 2 N–H and O–H groups in total. The van der Waals surface area contributed by atoms with Gasteiger partial charge in [0, 0.05) is 11.5 Å². The van der Waals surface area contributed by atoms with Gasteiger partial charge in [-0.1, -0.05) is 43.7 Å². The Kier molecular flexibility index (Phi) is 4.50. The van der Waals surface area contributed by atoms with Crippen LogP contribution in [0.15, 0.2) is 35.1 Å². The Labute approximate surface area is 134 Å². The van der Waals surface area contributed by atoms with Gasteiger partial charge in [-0.2, -0.15) is 0 Å². The Balaban J connectivity index is 1.81. The van der Waals surface area contributed by atoms with E-state index in [9.17, 15) is 9.59 Å². The van der Waals surface area contributed by atoms with E-state index in [1.807, 2.05) is 37.3 Å². The molecule has 1 aromatic heterocycles. The predicted octanol–water partition coefficient (Wildman–Crippen LogP) is 2.20. The zero-order valence-corrected chi connectivity index (χ0v) is 13.1. The summed E-state index contributed by atoms with van der Waals surface area (Å²) in [6, 6.07) is 8.95. The number of aromatic amines is 1. The Morgan fingerprint density at radius 3 is 2.61 bits per heavy atom. The van der Waals surface area contributed by atoms with Gasteiger partial charge in [0.25, 0.3) is 5.56 Å². The summed E-state index contributed by atoms with van der Waals surface area (Å²) >= 11 is 0. The maximum Gasteiger partial charge on any atom is 0.275 e. The number of hydrogen-bond acceptors (Lipinski definition) is 4. The van der Waals surface area contributed by atoms with Crippen LogP contribution < -0.4 is 10.9 Å². The minimum Gasteiger partial charge on any atom is -0.347 e. The Morgan fingerprint density at radius 2 is 2.04 bits per heavy atom. The molecule has 3 rings (SSSR count). The van der Waals surface area contributed by atoms with Gasteiger partial charge in [0.2, 0.25) is 5.91 Å². The van der Waals surface area contributed by atoms with Crippen molar-refractivity contribution in [3.05, 3.63) is 46.4 Å². The molecule has 0 spiro atoms. The van der Waals surface area contributed by atoms with Crippen molar-refractivity contribution < 1.29 is 4.79 Å². The lowest BCUT2D eigenvalue weighted by atomic mass is 9.84. The second-order valence-electron chi connectivity index (χ2n) is 5.85. The van der Waals surface area contributed by atoms with Gasteiger partial charge < -0.3 is 10.3 Å². The molecule has 0 saturated heterocycles. The third kappa shape index (κ3) is 3.31. The van der Waals surface area contributed by atoms with Gasteiger partial charge in [0.1, 0.15) is 0 Å². The van der Waals surface area contributed by atoms with Crippen molar-refractivity contribution in [2.24, 2.45) is 5.92 Å². The van der Waals surface area contributed by atoms with Crippen LogP contribution >= 0.6 is 0 Å². The molecule has 1 saturated carbocycles. The lowest BCUT2D eigenvalue weighted by Gasteiger charge is -2.26. The largest absolute Gasteiger partial charge is 0.347 e. The molecule has 1 fully saturated rings. The van der Waals surface area contributed by atoms with Crippen molar-refractivity contribution in [3.63, 3.8) is 0 Å². The topological polar surface area (TPSA) is 87.7 Å². The fraction of sp³-hybridized carbons (Fsp3) is 0.412. The molecular weight excluding hydrogens is 292 g/mol. The molecule has 2 aromatic rings. The number of H-pyrrole nitrogens is 1. The molecule has 23 heavy (non-hydrogen) atoms. The normalized spacial score (nSPS) is 15.7. The van der Waals surface area contributed by atoms with Crippen LogP contribution in [0.4, 0.5) is 0 Å². The highest BCUT2D eigenvalue weighted by atomic mass is 16.2. The maximum atomic E-state index is 12.3. The smallest absolute Gasteiger partial charge is 0.275 e. The number of nitrogens with one attached hydrogen (secondary N) is 2. The second kappa shape index (κ2) is 6.73. The fourth-order valence-corrected chi connectivity index (χ4v) is 2.62. The zero-order valence-electron chi connectivity index (χ0n) is 13.1. The number of carbonyl (C=O) groups excluding carboxylic acids is 1. The first-order valence-corrected chi connectivity index (χ1v) is 8.01. The minimum atomic E-state index is -0.399. The van der Waals surface area contributed by atoms with Gasteiger partial charge in [-0.25, -0.2) is 0 Å². The van der Waals surface area contributed by atoms with Crippen LogP contribution in [0, 0.1) is 5.92 Å². The summed E-state index contributed by atoms with van der Waals surface area (Å²) in [7, 11) is 0. The van der Waals surface area contributed by atoms with E-state index in [1.54, 1.807) is 0 Å². The van der Waals surface area contributed by atoms with Crippen LogP contribution in [0.2, 0.25) is 0 Å². The molecule has 6 heteroatoms. The first kappa shape index (κ1) is 15.4. The van der Waals surface area contributed by atoms with Crippen LogP contribution in [0.25, 0.3) is 11.4 Å². The van der Waals surface area contributed by atoms with E-state index >= 15 is 0 Å². The first-order chi connectivity index (χ1) is 11.2. The van der Waals surface area contributed by atoms with Crippen LogP contribution in [0.5, 0.6) is 0 Å². The first-order valence-electron chi connectivity index (χ1n) is 8.01. The lowest BCUT2D eigenvalue weighted by Crippen LogP contribution is -2.39. The van der Waals surface area contributed by atoms with Crippen molar-refractivity contribution in [1.82, 2.24) is 20.5 Å². The lowest BCUT2D eigenvalue weighted by molar-refractivity contribution is -0.128. The molecule has 0 aliphatic heterocycles. The number of rotatable bonds is 5. The van der Waals surface area contributed by atoms with E-state index in [-0.39, 0.29) is 23.1 Å². The maximum absolute atomic E-state index is 12.3. The van der Waals surface area contributed by atoms with E-state index in [0.29, 0.717) is 12.2 Å². The number of carbonyl (C=O) groups is 1. The number of benzene rings is 1. The summed E-state index contributed by atoms with van der Waals surface area (Å²) in [6.45, 7) is 1.91. The van der Waals surface area contributed by atoms with Crippen LogP contribution in [-0.4, -0.2) is 21.1 Å². The Bertz CT molecular complexity index is 738. The van der Waals surface area contributed by atoms with E-state index in [2.05, 4.69) is 20.5 Å².